The lowest BCUT2D eigenvalue weighted by Gasteiger charge is -2.11. The fraction of sp³-hybridized carbons (Fsp3) is 0.182. The van der Waals surface area contributed by atoms with Crippen LogP contribution in [0, 0.1) is 0 Å². The Labute approximate surface area is 99.2 Å². The summed E-state index contributed by atoms with van der Waals surface area (Å²) in [5.41, 5.74) is 1.06. The highest BCUT2D eigenvalue weighted by molar-refractivity contribution is 6.31. The zero-order chi connectivity index (χ0) is 12.1. The number of hydrogen-bond acceptors (Lipinski definition) is 2. The summed E-state index contributed by atoms with van der Waals surface area (Å²) >= 11 is 5.82. The van der Waals surface area contributed by atoms with Crippen LogP contribution in [-0.4, -0.2) is 13.1 Å². The summed E-state index contributed by atoms with van der Waals surface area (Å²) in [6, 6.07) is 4.59. The molecule has 0 atom stereocenters. The molecule has 0 heterocycles. The zero-order valence-electron chi connectivity index (χ0n) is 9.13. The molecule has 0 aliphatic carbocycles. The first-order valence-electron chi connectivity index (χ1n) is 4.60. The van der Waals surface area contributed by atoms with Gasteiger partial charge < -0.3 is 15.4 Å². The second-order valence-corrected chi connectivity index (χ2v) is 3.64. The lowest BCUT2D eigenvalue weighted by Crippen LogP contribution is -2.26. The lowest BCUT2D eigenvalue weighted by molar-refractivity contribution is 0.254. The Bertz CT molecular complexity index is 418. The molecule has 0 saturated carbocycles. The largest absolute Gasteiger partial charge is 0.495 e. The van der Waals surface area contributed by atoms with Crippen molar-refractivity contribution in [1.29, 1.82) is 0 Å². The van der Waals surface area contributed by atoms with Gasteiger partial charge in [0.2, 0.25) is 0 Å². The van der Waals surface area contributed by atoms with Gasteiger partial charge in [-0.25, -0.2) is 4.79 Å². The number of carbonyl (C=O) groups excluding carboxylic acids is 1. The highest BCUT2D eigenvalue weighted by atomic mass is 35.5. The molecule has 5 heteroatoms. The predicted molar refractivity (Wildman–Crippen MR) is 65.0 cm³/mol. The highest BCUT2D eigenvalue weighted by Gasteiger charge is 2.07. The van der Waals surface area contributed by atoms with E-state index in [1.165, 1.54) is 7.11 Å². The molecule has 0 bridgehead atoms. The van der Waals surface area contributed by atoms with Crippen molar-refractivity contribution in [3.63, 3.8) is 0 Å². The summed E-state index contributed by atoms with van der Waals surface area (Å²) in [6.45, 7) is 5.26. The van der Waals surface area contributed by atoms with Gasteiger partial charge in [-0.2, -0.15) is 0 Å². The molecule has 86 valence electrons. The zero-order valence-corrected chi connectivity index (χ0v) is 9.89. The third-order valence-corrected chi connectivity index (χ3v) is 1.97. The van der Waals surface area contributed by atoms with Crippen molar-refractivity contribution in [2.45, 2.75) is 6.92 Å². The van der Waals surface area contributed by atoms with Crippen LogP contribution in [0.5, 0.6) is 5.75 Å². The van der Waals surface area contributed by atoms with Gasteiger partial charge in [0.15, 0.2) is 0 Å². The fourth-order valence-corrected chi connectivity index (χ4v) is 1.30. The van der Waals surface area contributed by atoms with Crippen LogP contribution in [0.4, 0.5) is 10.5 Å². The third-order valence-electron chi connectivity index (χ3n) is 1.74. The average molecular weight is 241 g/mol. The Morgan fingerprint density at radius 3 is 2.75 bits per heavy atom. The maximum absolute atomic E-state index is 11.4. The molecule has 0 saturated heterocycles. The van der Waals surface area contributed by atoms with E-state index >= 15 is 0 Å². The number of benzene rings is 1. The maximum Gasteiger partial charge on any atom is 0.323 e. The molecule has 1 aromatic carbocycles. The van der Waals surface area contributed by atoms with Crippen LogP contribution in [0.3, 0.4) is 0 Å². The minimum atomic E-state index is -0.381. The third kappa shape index (κ3) is 3.47. The monoisotopic (exact) mass is 240 g/mol. The molecule has 0 aliphatic rings. The van der Waals surface area contributed by atoms with Gasteiger partial charge in [0, 0.05) is 10.7 Å². The lowest BCUT2D eigenvalue weighted by atomic mass is 10.3. The Morgan fingerprint density at radius 1 is 1.50 bits per heavy atom. The number of rotatable bonds is 3. The predicted octanol–water partition coefficient (Wildman–Crippen LogP) is 3.00. The van der Waals surface area contributed by atoms with Crippen LogP contribution in [0.15, 0.2) is 30.5 Å². The summed E-state index contributed by atoms with van der Waals surface area (Å²) in [4.78, 5) is 11.4. The van der Waals surface area contributed by atoms with Crippen LogP contribution in [0.25, 0.3) is 0 Å². The van der Waals surface area contributed by atoms with Crippen molar-refractivity contribution >= 4 is 23.3 Å². The van der Waals surface area contributed by atoms with Crippen molar-refractivity contribution in [2.24, 2.45) is 0 Å². The van der Waals surface area contributed by atoms with Crippen molar-refractivity contribution in [1.82, 2.24) is 5.32 Å². The first kappa shape index (κ1) is 12.4. The van der Waals surface area contributed by atoms with E-state index in [1.54, 1.807) is 25.1 Å². The van der Waals surface area contributed by atoms with Gasteiger partial charge in [-0.05, 0) is 25.1 Å². The molecule has 16 heavy (non-hydrogen) atoms. The molecule has 0 aliphatic heterocycles. The van der Waals surface area contributed by atoms with E-state index in [-0.39, 0.29) is 6.03 Å². The van der Waals surface area contributed by atoms with E-state index in [4.69, 9.17) is 16.3 Å². The van der Waals surface area contributed by atoms with E-state index in [2.05, 4.69) is 17.2 Å². The molecular formula is C11H13ClN2O2. The summed E-state index contributed by atoms with van der Waals surface area (Å²) < 4.78 is 5.08. The average Bonchev–Trinajstić information content (AvgIpc) is 2.16. The number of methoxy groups -OCH3 is 1. The summed E-state index contributed by atoms with van der Waals surface area (Å²) in [5.74, 6) is 0.543. The molecular weight excluding hydrogens is 228 g/mol. The van der Waals surface area contributed by atoms with Gasteiger partial charge in [0.1, 0.15) is 5.75 Å². The molecule has 2 amide bonds. The second kappa shape index (κ2) is 5.42. The van der Waals surface area contributed by atoms with E-state index < -0.39 is 0 Å². The topological polar surface area (TPSA) is 50.4 Å². The van der Waals surface area contributed by atoms with Gasteiger partial charge in [-0.3, -0.25) is 0 Å². The first-order valence-corrected chi connectivity index (χ1v) is 4.98. The number of halogens is 1. The van der Waals surface area contributed by atoms with Crippen LogP contribution >= 0.6 is 11.6 Å². The maximum atomic E-state index is 11.4. The Morgan fingerprint density at radius 2 is 2.19 bits per heavy atom. The number of hydrogen-bond donors (Lipinski definition) is 2. The SMILES string of the molecule is C=C(C)NC(=O)Nc1cc(Cl)ccc1OC. The van der Waals surface area contributed by atoms with Crippen LogP contribution in [0.1, 0.15) is 6.92 Å². The number of amides is 2. The molecule has 1 rings (SSSR count). The molecule has 2 N–H and O–H groups in total. The smallest absolute Gasteiger partial charge is 0.323 e. The standard InChI is InChI=1S/C11H13ClN2O2/c1-7(2)13-11(15)14-9-6-8(12)4-5-10(9)16-3/h4-6H,1H2,2-3H3,(H2,13,14,15). The van der Waals surface area contributed by atoms with Crippen LogP contribution in [-0.2, 0) is 0 Å². The second-order valence-electron chi connectivity index (χ2n) is 3.20. The van der Waals surface area contributed by atoms with Gasteiger partial charge >= 0.3 is 6.03 Å². The van der Waals surface area contributed by atoms with E-state index in [1.807, 2.05) is 0 Å². The minimum Gasteiger partial charge on any atom is -0.495 e. The number of carbonyl (C=O) groups is 1. The van der Waals surface area contributed by atoms with Crippen LogP contribution in [0.2, 0.25) is 5.02 Å². The number of allylic oxidation sites excluding steroid dienone is 1. The fourth-order valence-electron chi connectivity index (χ4n) is 1.13. The van der Waals surface area contributed by atoms with E-state index in [0.717, 1.165) is 0 Å². The van der Waals surface area contributed by atoms with Gasteiger partial charge in [0.05, 0.1) is 12.8 Å². The normalized spacial score (nSPS) is 9.44. The van der Waals surface area contributed by atoms with Gasteiger partial charge in [-0.15, -0.1) is 0 Å². The molecule has 0 fully saturated rings. The highest BCUT2D eigenvalue weighted by Crippen LogP contribution is 2.27. The number of anilines is 1. The van der Waals surface area contributed by atoms with Crippen molar-refractivity contribution in [3.8, 4) is 5.75 Å². The van der Waals surface area contributed by atoms with E-state index in [9.17, 15) is 4.79 Å². The molecule has 0 aromatic heterocycles. The van der Waals surface area contributed by atoms with Crippen molar-refractivity contribution in [3.05, 3.63) is 35.5 Å². The molecule has 4 nitrogen and oxygen atoms in total. The van der Waals surface area contributed by atoms with Crippen LogP contribution < -0.4 is 15.4 Å². The van der Waals surface area contributed by atoms with Gasteiger partial charge in [-0.1, -0.05) is 18.2 Å². The van der Waals surface area contributed by atoms with E-state index in [0.29, 0.717) is 22.2 Å². The minimum absolute atomic E-state index is 0.381. The summed E-state index contributed by atoms with van der Waals surface area (Å²) in [6.07, 6.45) is 0. The molecule has 0 unspecified atom stereocenters. The first-order chi connectivity index (χ1) is 7.52. The number of nitrogens with one attached hydrogen (secondary N) is 2. The van der Waals surface area contributed by atoms with Crippen molar-refractivity contribution in [2.75, 3.05) is 12.4 Å². The van der Waals surface area contributed by atoms with Gasteiger partial charge in [0.25, 0.3) is 0 Å². The number of urea groups is 1. The quantitative estimate of drug-likeness (QED) is 0.853. The van der Waals surface area contributed by atoms with Crippen molar-refractivity contribution < 1.29 is 9.53 Å². The molecule has 0 spiro atoms. The molecule has 0 radical (unpaired) electrons. The molecule has 1 aromatic rings. The number of ether oxygens (including phenoxy) is 1. The Balaban J connectivity index is 2.83. The Hall–Kier alpha value is -1.68. The summed E-state index contributed by atoms with van der Waals surface area (Å²) in [7, 11) is 1.52. The Kier molecular flexibility index (Phi) is 4.19. The summed E-state index contributed by atoms with van der Waals surface area (Å²) in [5, 5.41) is 5.65.